The standard InChI is InChI=1S/C17H22ClN3O2/c1-4-21-16(18)15(12(3)20-21)17(23)19-11(2)14(22)10-13-8-6-5-7-9-13/h5-9,11,14,22H,4,10H2,1-3H3,(H,19,23). The van der Waals surface area contributed by atoms with Gasteiger partial charge in [-0.15, -0.1) is 0 Å². The van der Waals surface area contributed by atoms with Gasteiger partial charge in [-0.25, -0.2) is 0 Å². The van der Waals surface area contributed by atoms with Crippen LogP contribution in [0.2, 0.25) is 5.15 Å². The van der Waals surface area contributed by atoms with Crippen molar-refractivity contribution in [1.82, 2.24) is 15.1 Å². The lowest BCUT2D eigenvalue weighted by Gasteiger charge is -2.20. The summed E-state index contributed by atoms with van der Waals surface area (Å²) in [6, 6.07) is 9.27. The number of hydrogen-bond acceptors (Lipinski definition) is 3. The van der Waals surface area contributed by atoms with Crippen molar-refractivity contribution >= 4 is 17.5 Å². The molecule has 0 aliphatic rings. The zero-order chi connectivity index (χ0) is 17.0. The van der Waals surface area contributed by atoms with Crippen molar-refractivity contribution < 1.29 is 9.90 Å². The van der Waals surface area contributed by atoms with Crippen molar-refractivity contribution in [2.75, 3.05) is 0 Å². The number of carbonyl (C=O) groups is 1. The maximum Gasteiger partial charge on any atom is 0.256 e. The highest BCUT2D eigenvalue weighted by Gasteiger charge is 2.23. The predicted molar refractivity (Wildman–Crippen MR) is 90.7 cm³/mol. The molecule has 0 aliphatic carbocycles. The molecule has 0 saturated carbocycles. The van der Waals surface area contributed by atoms with Crippen LogP contribution in [0.25, 0.3) is 0 Å². The van der Waals surface area contributed by atoms with E-state index in [1.165, 1.54) is 0 Å². The molecule has 2 atom stereocenters. The van der Waals surface area contributed by atoms with Crippen LogP contribution in [0.1, 0.15) is 35.5 Å². The van der Waals surface area contributed by atoms with Gasteiger partial charge in [-0.05, 0) is 26.3 Å². The first-order valence-electron chi connectivity index (χ1n) is 7.69. The molecule has 2 N–H and O–H groups in total. The van der Waals surface area contributed by atoms with E-state index in [0.717, 1.165) is 5.56 Å². The van der Waals surface area contributed by atoms with Gasteiger partial charge in [-0.2, -0.15) is 5.10 Å². The molecule has 0 radical (unpaired) electrons. The number of carbonyl (C=O) groups excluding carboxylic acids is 1. The van der Waals surface area contributed by atoms with Crippen LogP contribution in [0.5, 0.6) is 0 Å². The Labute approximate surface area is 141 Å². The van der Waals surface area contributed by atoms with Crippen molar-refractivity contribution in [3.63, 3.8) is 0 Å². The number of aliphatic hydroxyl groups is 1. The summed E-state index contributed by atoms with van der Waals surface area (Å²) in [7, 11) is 0. The number of aromatic nitrogens is 2. The van der Waals surface area contributed by atoms with Crippen LogP contribution in [0, 0.1) is 6.92 Å². The number of halogens is 1. The molecule has 0 saturated heterocycles. The average Bonchev–Trinajstić information content (AvgIpc) is 2.82. The first-order chi connectivity index (χ1) is 10.9. The molecular weight excluding hydrogens is 314 g/mol. The van der Waals surface area contributed by atoms with Crippen molar-refractivity contribution in [2.24, 2.45) is 0 Å². The van der Waals surface area contributed by atoms with E-state index < -0.39 is 12.1 Å². The van der Waals surface area contributed by atoms with Gasteiger partial charge >= 0.3 is 0 Å². The maximum atomic E-state index is 12.4. The molecule has 2 rings (SSSR count). The van der Waals surface area contributed by atoms with Crippen molar-refractivity contribution in [2.45, 2.75) is 45.9 Å². The summed E-state index contributed by atoms with van der Waals surface area (Å²) in [4.78, 5) is 12.4. The second-order valence-corrected chi connectivity index (χ2v) is 5.94. The molecular formula is C17H22ClN3O2. The van der Waals surface area contributed by atoms with Gasteiger partial charge in [0.2, 0.25) is 0 Å². The van der Waals surface area contributed by atoms with Crippen molar-refractivity contribution in [3.05, 3.63) is 52.3 Å². The smallest absolute Gasteiger partial charge is 0.256 e. The molecule has 0 bridgehead atoms. The van der Waals surface area contributed by atoms with Crippen molar-refractivity contribution in [3.8, 4) is 0 Å². The van der Waals surface area contributed by atoms with Crippen LogP contribution in [-0.4, -0.2) is 32.9 Å². The third-order valence-electron chi connectivity index (χ3n) is 3.82. The average molecular weight is 336 g/mol. The summed E-state index contributed by atoms with van der Waals surface area (Å²) in [5.74, 6) is -0.313. The molecule has 2 unspecified atom stereocenters. The second-order valence-electron chi connectivity index (χ2n) is 5.59. The van der Waals surface area contributed by atoms with Crippen molar-refractivity contribution in [1.29, 1.82) is 0 Å². The van der Waals surface area contributed by atoms with E-state index in [2.05, 4.69) is 10.4 Å². The Hall–Kier alpha value is -1.85. The van der Waals surface area contributed by atoms with Gasteiger partial charge in [0.05, 0.1) is 23.4 Å². The van der Waals surface area contributed by atoms with Gasteiger partial charge in [-0.1, -0.05) is 41.9 Å². The van der Waals surface area contributed by atoms with E-state index >= 15 is 0 Å². The third-order valence-corrected chi connectivity index (χ3v) is 4.20. The molecule has 1 heterocycles. The molecule has 2 aromatic rings. The second kappa shape index (κ2) is 7.62. The summed E-state index contributed by atoms with van der Waals surface area (Å²) < 4.78 is 1.58. The van der Waals surface area contributed by atoms with Gasteiger partial charge < -0.3 is 10.4 Å². The maximum absolute atomic E-state index is 12.4. The molecule has 6 heteroatoms. The highest BCUT2D eigenvalue weighted by atomic mass is 35.5. The lowest BCUT2D eigenvalue weighted by molar-refractivity contribution is 0.0851. The molecule has 5 nitrogen and oxygen atoms in total. The Kier molecular flexibility index (Phi) is 5.80. The number of rotatable bonds is 6. The van der Waals surface area contributed by atoms with Crippen LogP contribution in [-0.2, 0) is 13.0 Å². The van der Waals surface area contributed by atoms with Crippen LogP contribution in [0.3, 0.4) is 0 Å². The van der Waals surface area contributed by atoms with E-state index in [0.29, 0.717) is 29.4 Å². The summed E-state index contributed by atoms with van der Waals surface area (Å²) in [5, 5.41) is 17.7. The first-order valence-corrected chi connectivity index (χ1v) is 8.07. The molecule has 1 aromatic heterocycles. The Morgan fingerprint density at radius 2 is 2.04 bits per heavy atom. The lowest BCUT2D eigenvalue weighted by Crippen LogP contribution is -2.42. The van der Waals surface area contributed by atoms with Crippen LogP contribution < -0.4 is 5.32 Å². The normalized spacial score (nSPS) is 13.6. The monoisotopic (exact) mass is 335 g/mol. The van der Waals surface area contributed by atoms with Gasteiger partial charge in [0.25, 0.3) is 5.91 Å². The lowest BCUT2D eigenvalue weighted by atomic mass is 10.0. The summed E-state index contributed by atoms with van der Waals surface area (Å²) >= 11 is 6.19. The van der Waals surface area contributed by atoms with E-state index in [-0.39, 0.29) is 5.91 Å². The highest BCUT2D eigenvalue weighted by Crippen LogP contribution is 2.20. The number of aryl methyl sites for hydroxylation is 2. The Morgan fingerprint density at radius 1 is 1.39 bits per heavy atom. The number of nitrogens with one attached hydrogen (secondary N) is 1. The molecule has 0 fully saturated rings. The van der Waals surface area contributed by atoms with Crippen LogP contribution in [0.15, 0.2) is 30.3 Å². The summed E-state index contributed by atoms with van der Waals surface area (Å²) in [6.45, 7) is 6.03. The number of nitrogens with zero attached hydrogens (tertiary/aromatic N) is 2. The van der Waals surface area contributed by atoms with E-state index in [9.17, 15) is 9.90 Å². The zero-order valence-corrected chi connectivity index (χ0v) is 14.3. The molecule has 124 valence electrons. The Morgan fingerprint density at radius 3 is 2.61 bits per heavy atom. The van der Waals surface area contributed by atoms with Crippen LogP contribution in [0.4, 0.5) is 0 Å². The quantitative estimate of drug-likeness (QED) is 0.852. The van der Waals surface area contributed by atoms with Gasteiger partial charge in [0, 0.05) is 13.0 Å². The number of benzene rings is 1. The number of aliphatic hydroxyl groups excluding tert-OH is 1. The summed E-state index contributed by atoms with van der Waals surface area (Å²) in [5.41, 5.74) is 1.97. The van der Waals surface area contributed by atoms with E-state index in [1.54, 1.807) is 18.5 Å². The van der Waals surface area contributed by atoms with Gasteiger partial charge in [0.15, 0.2) is 0 Å². The summed E-state index contributed by atoms with van der Waals surface area (Å²) in [6.07, 6.45) is -0.204. The first kappa shape index (κ1) is 17.5. The van der Waals surface area contributed by atoms with E-state index in [1.807, 2.05) is 37.3 Å². The molecule has 0 spiro atoms. The molecule has 0 aliphatic heterocycles. The highest BCUT2D eigenvalue weighted by molar-refractivity contribution is 6.33. The Balaban J connectivity index is 2.03. The van der Waals surface area contributed by atoms with E-state index in [4.69, 9.17) is 11.6 Å². The van der Waals surface area contributed by atoms with Gasteiger partial charge in [0.1, 0.15) is 5.15 Å². The van der Waals surface area contributed by atoms with Crippen LogP contribution >= 0.6 is 11.6 Å². The minimum absolute atomic E-state index is 0.313. The van der Waals surface area contributed by atoms with Gasteiger partial charge in [-0.3, -0.25) is 9.48 Å². The fourth-order valence-electron chi connectivity index (χ4n) is 2.43. The minimum Gasteiger partial charge on any atom is -0.391 e. The Bertz CT molecular complexity index is 670. The number of hydrogen-bond donors (Lipinski definition) is 2. The SMILES string of the molecule is CCn1nc(C)c(C(=O)NC(C)C(O)Cc2ccccc2)c1Cl. The number of amides is 1. The molecule has 1 aromatic carbocycles. The largest absolute Gasteiger partial charge is 0.391 e. The minimum atomic E-state index is -0.679. The topological polar surface area (TPSA) is 67.2 Å². The fourth-order valence-corrected chi connectivity index (χ4v) is 2.81. The third kappa shape index (κ3) is 4.12. The fraction of sp³-hybridized carbons (Fsp3) is 0.412. The molecule has 23 heavy (non-hydrogen) atoms. The predicted octanol–water partition coefficient (Wildman–Crippen LogP) is 2.59. The molecule has 1 amide bonds. The zero-order valence-electron chi connectivity index (χ0n) is 13.6.